The van der Waals surface area contributed by atoms with Crippen molar-refractivity contribution in [3.63, 3.8) is 0 Å². The maximum absolute atomic E-state index is 12.3. The number of rotatable bonds is 10. The van der Waals surface area contributed by atoms with Gasteiger partial charge in [0.15, 0.2) is 5.78 Å². The number of ketones is 1. The summed E-state index contributed by atoms with van der Waals surface area (Å²) in [5.41, 5.74) is 1.32. The smallest absolute Gasteiger partial charge is 0.242 e. The van der Waals surface area contributed by atoms with Gasteiger partial charge in [0, 0.05) is 19.7 Å². The van der Waals surface area contributed by atoms with E-state index in [1.54, 1.807) is 6.08 Å². The van der Waals surface area contributed by atoms with Crippen molar-refractivity contribution in [3.8, 4) is 5.75 Å². The Labute approximate surface area is 167 Å². The number of ether oxygens (including phenoxy) is 1. The van der Waals surface area contributed by atoms with Gasteiger partial charge in [-0.25, -0.2) is 12.7 Å². The zero-order valence-electron chi connectivity index (χ0n) is 16.6. The lowest BCUT2D eigenvalue weighted by molar-refractivity contribution is 0.104. The molecule has 0 radical (unpaired) electrons. The van der Waals surface area contributed by atoms with Crippen LogP contribution in [0.3, 0.4) is 0 Å². The summed E-state index contributed by atoms with van der Waals surface area (Å²) in [6, 6.07) is 13.5. The molecule has 2 aromatic carbocycles. The van der Waals surface area contributed by atoms with Crippen LogP contribution in [0.25, 0.3) is 6.08 Å². The maximum Gasteiger partial charge on any atom is 0.242 e. The first-order valence-electron chi connectivity index (χ1n) is 9.32. The van der Waals surface area contributed by atoms with Crippen LogP contribution in [0.15, 0.2) is 59.5 Å². The average molecular weight is 402 g/mol. The first-order valence-corrected chi connectivity index (χ1v) is 10.8. The monoisotopic (exact) mass is 401 g/mol. The predicted molar refractivity (Wildman–Crippen MR) is 112 cm³/mol. The van der Waals surface area contributed by atoms with E-state index in [-0.39, 0.29) is 10.7 Å². The van der Waals surface area contributed by atoms with Gasteiger partial charge in [-0.15, -0.1) is 0 Å². The highest BCUT2D eigenvalue weighted by molar-refractivity contribution is 7.89. The van der Waals surface area contributed by atoms with Gasteiger partial charge in [0.2, 0.25) is 10.0 Å². The van der Waals surface area contributed by atoms with E-state index < -0.39 is 10.0 Å². The lowest BCUT2D eigenvalue weighted by Gasteiger charge is -2.11. The third-order valence-electron chi connectivity index (χ3n) is 4.24. The molecule has 0 atom stereocenters. The minimum atomic E-state index is -3.50. The molecule has 28 heavy (non-hydrogen) atoms. The molecule has 0 aliphatic heterocycles. The summed E-state index contributed by atoms with van der Waals surface area (Å²) in [7, 11) is -0.555. The van der Waals surface area contributed by atoms with Crippen molar-refractivity contribution in [2.24, 2.45) is 0 Å². The number of unbranched alkanes of at least 4 members (excludes halogenated alkanes) is 2. The number of benzene rings is 2. The summed E-state index contributed by atoms with van der Waals surface area (Å²) < 4.78 is 30.9. The molecule has 0 saturated heterocycles. The van der Waals surface area contributed by atoms with Gasteiger partial charge in [0.05, 0.1) is 11.5 Å². The Morgan fingerprint density at radius 2 is 1.64 bits per heavy atom. The molecule has 150 valence electrons. The van der Waals surface area contributed by atoms with Crippen LogP contribution < -0.4 is 4.74 Å². The third kappa shape index (κ3) is 6.04. The van der Waals surface area contributed by atoms with E-state index >= 15 is 0 Å². The van der Waals surface area contributed by atoms with Crippen molar-refractivity contribution in [2.75, 3.05) is 20.7 Å². The Hall–Kier alpha value is -2.44. The van der Waals surface area contributed by atoms with Gasteiger partial charge in [-0.1, -0.05) is 38.0 Å². The van der Waals surface area contributed by atoms with Crippen LogP contribution in [0.4, 0.5) is 0 Å². The van der Waals surface area contributed by atoms with Gasteiger partial charge in [-0.3, -0.25) is 4.79 Å². The molecule has 0 aromatic heterocycles. The first kappa shape index (κ1) is 21.9. The van der Waals surface area contributed by atoms with E-state index in [0.717, 1.165) is 34.9 Å². The van der Waals surface area contributed by atoms with E-state index in [1.807, 2.05) is 24.3 Å². The van der Waals surface area contributed by atoms with Gasteiger partial charge >= 0.3 is 0 Å². The van der Waals surface area contributed by atoms with Gasteiger partial charge in [-0.2, -0.15) is 0 Å². The molecule has 0 heterocycles. The fourth-order valence-corrected chi connectivity index (χ4v) is 3.39. The average Bonchev–Trinajstić information content (AvgIpc) is 2.70. The summed E-state index contributed by atoms with van der Waals surface area (Å²) in [4.78, 5) is 12.5. The Morgan fingerprint density at radius 3 is 2.21 bits per heavy atom. The number of allylic oxidation sites excluding steroid dienone is 1. The number of hydrogen-bond acceptors (Lipinski definition) is 4. The molecule has 0 fully saturated rings. The van der Waals surface area contributed by atoms with E-state index in [9.17, 15) is 13.2 Å². The van der Waals surface area contributed by atoms with E-state index in [2.05, 4.69) is 6.92 Å². The highest BCUT2D eigenvalue weighted by Gasteiger charge is 2.17. The lowest BCUT2D eigenvalue weighted by atomic mass is 10.1. The van der Waals surface area contributed by atoms with Gasteiger partial charge in [0.1, 0.15) is 5.75 Å². The molecule has 5 nitrogen and oxygen atoms in total. The van der Waals surface area contributed by atoms with Crippen molar-refractivity contribution in [2.45, 2.75) is 31.1 Å². The SMILES string of the molecule is CCCCCOc1ccc(/C=C/C(=O)c2ccc(S(=O)(=O)N(C)C)cc2)cc1. The summed E-state index contributed by atoms with van der Waals surface area (Å²) in [5, 5.41) is 0. The molecule has 2 aromatic rings. The second-order valence-electron chi connectivity index (χ2n) is 6.63. The Kier molecular flexibility index (Phi) is 7.96. The van der Waals surface area contributed by atoms with Crippen LogP contribution in [-0.2, 0) is 10.0 Å². The summed E-state index contributed by atoms with van der Waals surface area (Å²) in [6.07, 6.45) is 6.57. The van der Waals surface area contributed by atoms with Gasteiger partial charge < -0.3 is 4.74 Å². The van der Waals surface area contributed by atoms with Gasteiger partial charge in [0.25, 0.3) is 0 Å². The summed E-state index contributed by atoms with van der Waals surface area (Å²) in [5.74, 6) is 0.631. The van der Waals surface area contributed by atoms with Crippen LogP contribution in [0.5, 0.6) is 5.75 Å². The van der Waals surface area contributed by atoms with Crippen LogP contribution in [0.1, 0.15) is 42.1 Å². The fraction of sp³-hybridized carbons (Fsp3) is 0.318. The number of nitrogens with zero attached hydrogens (tertiary/aromatic N) is 1. The quantitative estimate of drug-likeness (QED) is 0.336. The fourth-order valence-electron chi connectivity index (χ4n) is 2.49. The molecule has 0 bridgehead atoms. The van der Waals surface area contributed by atoms with Gasteiger partial charge in [-0.05, 0) is 54.5 Å². The van der Waals surface area contributed by atoms with Crippen LogP contribution in [-0.4, -0.2) is 39.2 Å². The van der Waals surface area contributed by atoms with Crippen LogP contribution in [0.2, 0.25) is 0 Å². The van der Waals surface area contributed by atoms with Crippen molar-refractivity contribution in [1.82, 2.24) is 4.31 Å². The first-order chi connectivity index (χ1) is 13.3. The van der Waals surface area contributed by atoms with E-state index in [4.69, 9.17) is 4.74 Å². The number of sulfonamides is 1. The molecule has 0 unspecified atom stereocenters. The molecule has 0 spiro atoms. The lowest BCUT2D eigenvalue weighted by Crippen LogP contribution is -2.22. The minimum absolute atomic E-state index is 0.160. The number of carbonyl (C=O) groups is 1. The maximum atomic E-state index is 12.3. The van der Waals surface area contributed by atoms with Crippen molar-refractivity contribution in [1.29, 1.82) is 0 Å². The van der Waals surface area contributed by atoms with Crippen LogP contribution >= 0.6 is 0 Å². The molecule has 0 amide bonds. The zero-order valence-corrected chi connectivity index (χ0v) is 17.4. The Balaban J connectivity index is 1.97. The predicted octanol–water partition coefficient (Wildman–Crippen LogP) is 4.40. The molecule has 0 saturated carbocycles. The van der Waals surface area contributed by atoms with E-state index in [1.165, 1.54) is 44.4 Å². The van der Waals surface area contributed by atoms with Crippen molar-refractivity contribution >= 4 is 21.9 Å². The zero-order chi connectivity index (χ0) is 20.6. The normalized spacial score (nSPS) is 11.9. The van der Waals surface area contributed by atoms with E-state index in [0.29, 0.717) is 12.2 Å². The molecule has 0 aliphatic carbocycles. The standard InChI is InChI=1S/C22H27NO4S/c1-4-5-6-17-27-20-12-7-18(8-13-20)9-16-22(24)19-10-14-21(15-11-19)28(25,26)23(2)3/h7-16H,4-6,17H2,1-3H3/b16-9+. The third-order valence-corrected chi connectivity index (χ3v) is 6.07. The topological polar surface area (TPSA) is 63.7 Å². The number of hydrogen-bond donors (Lipinski definition) is 0. The summed E-state index contributed by atoms with van der Waals surface area (Å²) >= 11 is 0. The second kappa shape index (κ2) is 10.2. The Bertz CT molecular complexity index is 899. The van der Waals surface area contributed by atoms with Crippen molar-refractivity contribution < 1.29 is 17.9 Å². The highest BCUT2D eigenvalue weighted by Crippen LogP contribution is 2.16. The molecule has 0 N–H and O–H groups in total. The minimum Gasteiger partial charge on any atom is -0.494 e. The molecular formula is C22H27NO4S. The highest BCUT2D eigenvalue weighted by atomic mass is 32.2. The summed E-state index contributed by atoms with van der Waals surface area (Å²) in [6.45, 7) is 2.86. The van der Waals surface area contributed by atoms with Crippen molar-refractivity contribution in [3.05, 3.63) is 65.7 Å². The largest absolute Gasteiger partial charge is 0.494 e. The molecule has 2 rings (SSSR count). The molecule has 6 heteroatoms. The molecule has 0 aliphatic rings. The number of carbonyl (C=O) groups excluding carboxylic acids is 1. The molecular weight excluding hydrogens is 374 g/mol. The second-order valence-corrected chi connectivity index (χ2v) is 8.79. The Morgan fingerprint density at radius 1 is 1.00 bits per heavy atom. The van der Waals surface area contributed by atoms with Crippen LogP contribution in [0, 0.1) is 0 Å².